The third-order valence-corrected chi connectivity index (χ3v) is 3.56. The molecule has 2 aromatic rings. The van der Waals surface area contributed by atoms with E-state index in [2.05, 4.69) is 77.9 Å². The molecule has 0 unspecified atom stereocenters. The number of aryl methyl sites for hydroxylation is 2. The van der Waals surface area contributed by atoms with Crippen molar-refractivity contribution in [3.05, 3.63) is 58.7 Å². The fourth-order valence-electron chi connectivity index (χ4n) is 2.43. The summed E-state index contributed by atoms with van der Waals surface area (Å²) in [6.07, 6.45) is 2.44. The fraction of sp³-hybridized carbons (Fsp3) is 0.500. The third kappa shape index (κ3) is 12.1. The second-order valence-electron chi connectivity index (χ2n) is 6.66. The second-order valence-corrected chi connectivity index (χ2v) is 6.66. The van der Waals surface area contributed by atoms with Crippen LogP contribution in [0.4, 0.5) is 0 Å². The SMILES string of the molecule is Cc1ccc[c-]1CC(C)C.Cc1ccc[c-]1CC(C)C.[I-].[I-].[Zr+4]. The van der Waals surface area contributed by atoms with Gasteiger partial charge in [-0.3, -0.25) is 0 Å². The summed E-state index contributed by atoms with van der Waals surface area (Å²) in [4.78, 5) is 0. The van der Waals surface area contributed by atoms with E-state index in [0.717, 1.165) is 11.8 Å². The van der Waals surface area contributed by atoms with Crippen LogP contribution in [0.2, 0.25) is 0 Å². The molecule has 0 aromatic heterocycles. The summed E-state index contributed by atoms with van der Waals surface area (Å²) in [6, 6.07) is 13.1. The summed E-state index contributed by atoms with van der Waals surface area (Å²) in [6.45, 7) is 13.4. The van der Waals surface area contributed by atoms with Gasteiger partial charge in [-0.2, -0.15) is 34.4 Å². The molecule has 128 valence electrons. The topological polar surface area (TPSA) is 0 Å². The van der Waals surface area contributed by atoms with Crippen LogP contribution >= 0.6 is 0 Å². The van der Waals surface area contributed by atoms with Gasteiger partial charge in [0.05, 0.1) is 0 Å². The second kappa shape index (κ2) is 15.3. The van der Waals surface area contributed by atoms with E-state index in [1.165, 1.54) is 35.1 Å². The zero-order chi connectivity index (χ0) is 15.1. The van der Waals surface area contributed by atoms with E-state index in [9.17, 15) is 0 Å². The van der Waals surface area contributed by atoms with Crippen molar-refractivity contribution in [2.24, 2.45) is 11.8 Å². The zero-order valence-electron chi connectivity index (χ0n) is 15.3. The summed E-state index contributed by atoms with van der Waals surface area (Å²) in [7, 11) is 0. The molecule has 0 N–H and O–H groups in total. The Morgan fingerprint density at radius 3 is 1.22 bits per heavy atom. The quantitative estimate of drug-likeness (QED) is 0.332. The van der Waals surface area contributed by atoms with Crippen LogP contribution in [0, 0.1) is 25.7 Å². The molecule has 0 amide bonds. The molecule has 0 spiro atoms. The maximum atomic E-state index is 2.26. The van der Waals surface area contributed by atoms with Crippen LogP contribution in [-0.2, 0) is 39.0 Å². The van der Waals surface area contributed by atoms with Gasteiger partial charge in [0.1, 0.15) is 0 Å². The van der Waals surface area contributed by atoms with E-state index in [-0.39, 0.29) is 74.2 Å². The largest absolute Gasteiger partial charge is 4.00 e. The van der Waals surface area contributed by atoms with E-state index < -0.39 is 0 Å². The van der Waals surface area contributed by atoms with Gasteiger partial charge >= 0.3 is 26.2 Å². The van der Waals surface area contributed by atoms with Crippen LogP contribution in [0.15, 0.2) is 36.4 Å². The number of halogens is 2. The number of rotatable bonds is 4. The minimum absolute atomic E-state index is 0. The molecule has 2 aromatic carbocycles. The van der Waals surface area contributed by atoms with Crippen molar-refractivity contribution in [2.45, 2.75) is 54.4 Å². The Morgan fingerprint density at radius 1 is 0.739 bits per heavy atom. The van der Waals surface area contributed by atoms with Crippen LogP contribution in [0.5, 0.6) is 0 Å². The Morgan fingerprint density at radius 2 is 1.04 bits per heavy atom. The van der Waals surface area contributed by atoms with Crippen molar-refractivity contribution in [1.82, 2.24) is 0 Å². The van der Waals surface area contributed by atoms with Gasteiger partial charge in [0.15, 0.2) is 0 Å². The maximum absolute atomic E-state index is 2.26. The first kappa shape index (κ1) is 28.8. The Bertz CT molecular complexity index is 449. The minimum atomic E-state index is 0. The Balaban J connectivity index is -0.000000308. The van der Waals surface area contributed by atoms with Crippen molar-refractivity contribution < 1.29 is 74.2 Å². The summed E-state index contributed by atoms with van der Waals surface area (Å²) >= 11 is 0. The van der Waals surface area contributed by atoms with Gasteiger partial charge in [0, 0.05) is 0 Å². The first-order chi connectivity index (χ1) is 9.40. The van der Waals surface area contributed by atoms with Crippen LogP contribution < -0.4 is 48.0 Å². The predicted molar refractivity (Wildman–Crippen MR) is 90.6 cm³/mol. The molecular weight excluding hydrogens is 585 g/mol. The molecule has 0 saturated heterocycles. The molecule has 0 saturated carbocycles. The van der Waals surface area contributed by atoms with E-state index in [1.807, 2.05) is 0 Å². The molecule has 3 heteroatoms. The molecule has 0 nitrogen and oxygen atoms in total. The number of hydrogen-bond acceptors (Lipinski definition) is 0. The van der Waals surface area contributed by atoms with Gasteiger partial charge in [0.2, 0.25) is 0 Å². The molecule has 0 bridgehead atoms. The van der Waals surface area contributed by atoms with Crippen LogP contribution in [-0.4, -0.2) is 0 Å². The van der Waals surface area contributed by atoms with Crippen molar-refractivity contribution in [2.75, 3.05) is 0 Å². The standard InChI is InChI=1S/2C10H15.2HI.Zr/c2*1-8(2)7-10-6-4-5-9(10)3;;;/h2*4-6,8H,7H2,1-3H3;2*1H;/q2*-1;;;+4/p-2. The van der Waals surface area contributed by atoms with E-state index >= 15 is 0 Å². The van der Waals surface area contributed by atoms with Gasteiger partial charge < -0.3 is 48.0 Å². The summed E-state index contributed by atoms with van der Waals surface area (Å²) in [5, 5.41) is 0. The van der Waals surface area contributed by atoms with E-state index in [4.69, 9.17) is 0 Å². The van der Waals surface area contributed by atoms with Gasteiger partial charge in [-0.25, -0.2) is 24.3 Å². The zero-order valence-corrected chi connectivity index (χ0v) is 22.1. The molecule has 0 radical (unpaired) electrons. The van der Waals surface area contributed by atoms with Crippen molar-refractivity contribution >= 4 is 0 Å². The monoisotopic (exact) mass is 614 g/mol. The summed E-state index contributed by atoms with van der Waals surface area (Å²) in [5.74, 6) is 1.56. The van der Waals surface area contributed by atoms with Crippen molar-refractivity contribution in [3.8, 4) is 0 Å². The molecule has 23 heavy (non-hydrogen) atoms. The Hall–Kier alpha value is 1.04. The van der Waals surface area contributed by atoms with Gasteiger partial charge in [0.25, 0.3) is 0 Å². The minimum Gasteiger partial charge on any atom is -1.00 e. The van der Waals surface area contributed by atoms with E-state index in [1.54, 1.807) is 0 Å². The molecule has 0 heterocycles. The fourth-order valence-corrected chi connectivity index (χ4v) is 2.43. The van der Waals surface area contributed by atoms with Crippen molar-refractivity contribution in [3.63, 3.8) is 0 Å². The Kier molecular flexibility index (Phi) is 19.2. The molecule has 0 fully saturated rings. The van der Waals surface area contributed by atoms with Gasteiger partial charge in [-0.15, -0.1) is 0 Å². The Labute approximate surface area is 197 Å². The smallest absolute Gasteiger partial charge is 1.00 e. The molecule has 0 atom stereocenters. The number of hydrogen-bond donors (Lipinski definition) is 0. The average molecular weight is 615 g/mol. The van der Waals surface area contributed by atoms with Crippen LogP contribution in [0.1, 0.15) is 49.9 Å². The first-order valence-electron chi connectivity index (χ1n) is 7.82. The first-order valence-corrected chi connectivity index (χ1v) is 7.82. The molecule has 0 aliphatic rings. The van der Waals surface area contributed by atoms with Crippen LogP contribution in [0.3, 0.4) is 0 Å². The van der Waals surface area contributed by atoms with Gasteiger partial charge in [-0.05, 0) is 0 Å². The maximum Gasteiger partial charge on any atom is 4.00 e. The van der Waals surface area contributed by atoms with E-state index in [0.29, 0.717) is 0 Å². The van der Waals surface area contributed by atoms with Gasteiger partial charge in [-0.1, -0.05) is 66.2 Å². The van der Waals surface area contributed by atoms with Crippen molar-refractivity contribution in [1.29, 1.82) is 0 Å². The molecule has 2 rings (SSSR count). The molecular formula is C20H30I2Zr. The van der Waals surface area contributed by atoms with Crippen LogP contribution in [0.25, 0.3) is 0 Å². The summed E-state index contributed by atoms with van der Waals surface area (Å²) in [5.41, 5.74) is 5.90. The molecule has 0 aliphatic heterocycles. The normalized spacial score (nSPS) is 9.39. The molecule has 0 aliphatic carbocycles. The summed E-state index contributed by atoms with van der Waals surface area (Å²) < 4.78 is 0. The predicted octanol–water partition coefficient (Wildman–Crippen LogP) is -0.170. The average Bonchev–Trinajstić information content (AvgIpc) is 2.90. The third-order valence-electron chi connectivity index (χ3n) is 3.56.